The molecule has 2 aliphatic rings. The summed E-state index contributed by atoms with van der Waals surface area (Å²) in [6.45, 7) is 2.36. The average molecular weight is 196 g/mol. The van der Waals surface area contributed by atoms with Crippen LogP contribution in [0.5, 0.6) is 0 Å². The van der Waals surface area contributed by atoms with Gasteiger partial charge in [0.25, 0.3) is 0 Å². The Labute approximate surface area is 83.6 Å². The van der Waals surface area contributed by atoms with Gasteiger partial charge in [0.2, 0.25) is 11.8 Å². The van der Waals surface area contributed by atoms with E-state index in [2.05, 4.69) is 5.32 Å². The highest BCUT2D eigenvalue weighted by Gasteiger charge is 2.33. The zero-order valence-corrected chi connectivity index (χ0v) is 8.45. The second-order valence-corrected chi connectivity index (χ2v) is 4.16. The minimum atomic E-state index is -0.342. The summed E-state index contributed by atoms with van der Waals surface area (Å²) in [6.07, 6.45) is 3.87. The summed E-state index contributed by atoms with van der Waals surface area (Å²) in [5.74, 6) is 0.0771. The lowest BCUT2D eigenvalue weighted by Crippen LogP contribution is -2.49. The van der Waals surface area contributed by atoms with Crippen LogP contribution in [0.1, 0.15) is 32.6 Å². The van der Waals surface area contributed by atoms with Gasteiger partial charge >= 0.3 is 0 Å². The monoisotopic (exact) mass is 196 g/mol. The van der Waals surface area contributed by atoms with Crippen molar-refractivity contribution in [3.8, 4) is 0 Å². The van der Waals surface area contributed by atoms with E-state index in [9.17, 15) is 9.59 Å². The SMILES string of the molecule is CC1NC(=O)CCN(C2CCC2)C1=O. The van der Waals surface area contributed by atoms with Gasteiger partial charge in [0.05, 0.1) is 0 Å². The Morgan fingerprint density at radius 2 is 2.07 bits per heavy atom. The second kappa shape index (κ2) is 3.59. The first-order valence-electron chi connectivity index (χ1n) is 5.28. The smallest absolute Gasteiger partial charge is 0.245 e. The number of hydrogen-bond donors (Lipinski definition) is 1. The summed E-state index contributed by atoms with van der Waals surface area (Å²) in [5, 5.41) is 2.69. The first kappa shape index (κ1) is 9.49. The third-order valence-corrected chi connectivity index (χ3v) is 3.13. The number of carbonyl (C=O) groups is 2. The van der Waals surface area contributed by atoms with E-state index < -0.39 is 0 Å². The molecule has 1 atom stereocenters. The summed E-state index contributed by atoms with van der Waals surface area (Å²) in [4.78, 5) is 24.9. The predicted molar refractivity (Wildman–Crippen MR) is 51.6 cm³/mol. The molecule has 14 heavy (non-hydrogen) atoms. The fraction of sp³-hybridized carbons (Fsp3) is 0.800. The molecule has 1 aliphatic heterocycles. The second-order valence-electron chi connectivity index (χ2n) is 4.16. The molecule has 1 saturated carbocycles. The van der Waals surface area contributed by atoms with Crippen molar-refractivity contribution >= 4 is 11.8 Å². The normalized spacial score (nSPS) is 29.5. The first-order chi connectivity index (χ1) is 6.68. The maximum Gasteiger partial charge on any atom is 0.245 e. The van der Waals surface area contributed by atoms with Gasteiger partial charge in [-0.25, -0.2) is 0 Å². The van der Waals surface area contributed by atoms with Crippen LogP contribution in [0.3, 0.4) is 0 Å². The van der Waals surface area contributed by atoms with Crippen LogP contribution in [-0.2, 0) is 9.59 Å². The van der Waals surface area contributed by atoms with Crippen LogP contribution >= 0.6 is 0 Å². The minimum absolute atomic E-state index is 0.00678. The van der Waals surface area contributed by atoms with Crippen molar-refractivity contribution in [3.05, 3.63) is 0 Å². The lowest BCUT2D eigenvalue weighted by molar-refractivity contribution is -0.136. The largest absolute Gasteiger partial charge is 0.345 e. The third kappa shape index (κ3) is 1.61. The maximum absolute atomic E-state index is 11.8. The van der Waals surface area contributed by atoms with Gasteiger partial charge in [0, 0.05) is 19.0 Å². The van der Waals surface area contributed by atoms with Crippen molar-refractivity contribution in [2.45, 2.75) is 44.7 Å². The van der Waals surface area contributed by atoms with Gasteiger partial charge in [-0.2, -0.15) is 0 Å². The molecule has 1 unspecified atom stereocenters. The van der Waals surface area contributed by atoms with Crippen LogP contribution in [0.25, 0.3) is 0 Å². The Hall–Kier alpha value is -1.06. The lowest BCUT2D eigenvalue weighted by atomic mass is 9.91. The van der Waals surface area contributed by atoms with E-state index in [0.717, 1.165) is 12.8 Å². The predicted octanol–water partition coefficient (Wildman–Crippen LogP) is 0.276. The van der Waals surface area contributed by atoms with Crippen molar-refractivity contribution in [2.24, 2.45) is 0 Å². The van der Waals surface area contributed by atoms with Crippen molar-refractivity contribution in [1.82, 2.24) is 10.2 Å². The maximum atomic E-state index is 11.8. The molecule has 0 spiro atoms. The van der Waals surface area contributed by atoms with Gasteiger partial charge in [-0.05, 0) is 26.2 Å². The molecule has 0 aromatic heterocycles. The number of rotatable bonds is 1. The quantitative estimate of drug-likeness (QED) is 0.654. The summed E-state index contributed by atoms with van der Waals surface area (Å²) in [6, 6.07) is 0.0586. The van der Waals surface area contributed by atoms with Crippen molar-refractivity contribution in [2.75, 3.05) is 6.54 Å². The zero-order chi connectivity index (χ0) is 10.1. The van der Waals surface area contributed by atoms with Gasteiger partial charge in [0.15, 0.2) is 0 Å². The van der Waals surface area contributed by atoms with Crippen molar-refractivity contribution in [3.63, 3.8) is 0 Å². The van der Waals surface area contributed by atoms with Crippen LogP contribution in [0.15, 0.2) is 0 Å². The molecular formula is C10H16N2O2. The van der Waals surface area contributed by atoms with Crippen molar-refractivity contribution < 1.29 is 9.59 Å². The number of carbonyl (C=O) groups excluding carboxylic acids is 2. The van der Waals surface area contributed by atoms with Crippen LogP contribution in [0.4, 0.5) is 0 Å². The Balaban J connectivity index is 2.07. The summed E-state index contributed by atoms with van der Waals surface area (Å²) < 4.78 is 0. The molecule has 0 aromatic carbocycles. The zero-order valence-electron chi connectivity index (χ0n) is 8.45. The first-order valence-corrected chi connectivity index (χ1v) is 5.28. The number of nitrogens with zero attached hydrogens (tertiary/aromatic N) is 1. The molecule has 78 valence electrons. The molecule has 1 N–H and O–H groups in total. The molecule has 2 fully saturated rings. The molecule has 2 rings (SSSR count). The van der Waals surface area contributed by atoms with Gasteiger partial charge in [-0.15, -0.1) is 0 Å². The Bertz CT molecular complexity index is 261. The lowest BCUT2D eigenvalue weighted by Gasteiger charge is -2.37. The minimum Gasteiger partial charge on any atom is -0.345 e. The Kier molecular flexibility index (Phi) is 2.44. The molecule has 0 aromatic rings. The van der Waals surface area contributed by atoms with Crippen molar-refractivity contribution in [1.29, 1.82) is 0 Å². The van der Waals surface area contributed by atoms with E-state index in [4.69, 9.17) is 0 Å². The van der Waals surface area contributed by atoms with E-state index in [1.807, 2.05) is 4.90 Å². The average Bonchev–Trinajstić information content (AvgIpc) is 2.16. The molecule has 4 heteroatoms. The standard InChI is InChI=1S/C10H16N2O2/c1-7-10(14)12(8-3-2-4-8)6-5-9(13)11-7/h7-8H,2-6H2,1H3,(H,11,13). The Morgan fingerprint density at radius 1 is 1.36 bits per heavy atom. The van der Waals surface area contributed by atoms with Gasteiger partial charge in [-0.1, -0.05) is 0 Å². The molecule has 1 aliphatic carbocycles. The highest BCUT2D eigenvalue weighted by Crippen LogP contribution is 2.26. The molecule has 2 amide bonds. The summed E-state index contributed by atoms with van der Waals surface area (Å²) in [5.41, 5.74) is 0. The summed E-state index contributed by atoms with van der Waals surface area (Å²) >= 11 is 0. The third-order valence-electron chi connectivity index (χ3n) is 3.13. The van der Waals surface area contributed by atoms with E-state index in [1.54, 1.807) is 6.92 Å². The number of hydrogen-bond acceptors (Lipinski definition) is 2. The topological polar surface area (TPSA) is 49.4 Å². The fourth-order valence-corrected chi connectivity index (χ4v) is 2.02. The van der Waals surface area contributed by atoms with Crippen LogP contribution in [0.2, 0.25) is 0 Å². The van der Waals surface area contributed by atoms with Crippen LogP contribution < -0.4 is 5.32 Å². The summed E-state index contributed by atoms with van der Waals surface area (Å²) in [7, 11) is 0. The number of nitrogens with one attached hydrogen (secondary N) is 1. The fourth-order valence-electron chi connectivity index (χ4n) is 2.02. The highest BCUT2D eigenvalue weighted by molar-refractivity contribution is 5.89. The van der Waals surface area contributed by atoms with E-state index in [1.165, 1.54) is 6.42 Å². The number of amides is 2. The molecule has 1 saturated heterocycles. The van der Waals surface area contributed by atoms with Gasteiger partial charge < -0.3 is 10.2 Å². The van der Waals surface area contributed by atoms with Crippen LogP contribution in [0, 0.1) is 0 Å². The van der Waals surface area contributed by atoms with E-state index in [-0.39, 0.29) is 17.9 Å². The van der Waals surface area contributed by atoms with E-state index >= 15 is 0 Å². The van der Waals surface area contributed by atoms with Gasteiger partial charge in [-0.3, -0.25) is 9.59 Å². The molecule has 0 bridgehead atoms. The molecule has 0 radical (unpaired) electrons. The highest BCUT2D eigenvalue weighted by atomic mass is 16.2. The molecular weight excluding hydrogens is 180 g/mol. The van der Waals surface area contributed by atoms with Gasteiger partial charge in [0.1, 0.15) is 6.04 Å². The molecule has 1 heterocycles. The van der Waals surface area contributed by atoms with Crippen LogP contribution in [-0.4, -0.2) is 35.3 Å². The van der Waals surface area contributed by atoms with E-state index in [0.29, 0.717) is 19.0 Å². The Morgan fingerprint density at radius 3 is 2.64 bits per heavy atom. The molecule has 4 nitrogen and oxygen atoms in total.